The van der Waals surface area contributed by atoms with Gasteiger partial charge in [0.15, 0.2) is 17.5 Å². The van der Waals surface area contributed by atoms with Crippen LogP contribution in [-0.2, 0) is 32.0 Å². The average Bonchev–Trinajstić information content (AvgIpc) is 3.97. The number of anilines is 3. The van der Waals surface area contributed by atoms with Crippen LogP contribution in [0.2, 0.25) is 0 Å². The molecule has 1 spiro atoms. The van der Waals surface area contributed by atoms with Crippen molar-refractivity contribution < 1.29 is 9.13 Å². The fourth-order valence-electron chi connectivity index (χ4n) is 9.79. The predicted molar refractivity (Wildman–Crippen MR) is 199 cm³/mol. The SMILES string of the molecule is Cn1c(-c2cc3n(n2)CCCN(c2nc(OC[C@@]45CCCN4C[C@H](F)C5)nc(N4CC5(CCc6sc(N)c(C#N)c65)C4)c2C#N)C3)nc2ccccc21. The number of hydrogen-bond acceptors (Lipinski definition) is 12. The van der Waals surface area contributed by atoms with Crippen LogP contribution in [0.1, 0.15) is 59.4 Å². The van der Waals surface area contributed by atoms with Gasteiger partial charge in [-0.25, -0.2) is 9.37 Å². The number of thiophene rings is 1. The minimum atomic E-state index is -0.874. The highest BCUT2D eigenvalue weighted by Gasteiger charge is 2.53. The van der Waals surface area contributed by atoms with E-state index in [1.54, 1.807) is 0 Å². The molecule has 4 aliphatic heterocycles. The number of hydrogen-bond donors (Lipinski definition) is 1. The van der Waals surface area contributed by atoms with Crippen LogP contribution < -0.4 is 20.3 Å². The molecule has 0 unspecified atom stereocenters. The molecule has 4 aromatic heterocycles. The number of halogens is 1. The third-order valence-electron chi connectivity index (χ3n) is 12.3. The van der Waals surface area contributed by atoms with E-state index in [9.17, 15) is 14.9 Å². The van der Waals surface area contributed by atoms with E-state index in [2.05, 4.69) is 43.5 Å². The molecule has 15 heteroatoms. The number of nitrogens with zero attached hydrogens (tertiary/aromatic N) is 11. The fourth-order valence-corrected chi connectivity index (χ4v) is 10.9. The van der Waals surface area contributed by atoms with E-state index >= 15 is 0 Å². The van der Waals surface area contributed by atoms with Gasteiger partial charge >= 0.3 is 6.01 Å². The van der Waals surface area contributed by atoms with Crippen LogP contribution in [0, 0.1) is 22.7 Å². The molecule has 3 saturated heterocycles. The number of fused-ring (bicyclic) bond motifs is 5. The van der Waals surface area contributed by atoms with Gasteiger partial charge in [-0.15, -0.1) is 11.3 Å². The molecule has 2 N–H and O–H groups in total. The highest BCUT2D eigenvalue weighted by atomic mass is 32.1. The first-order valence-corrected chi connectivity index (χ1v) is 19.2. The van der Waals surface area contributed by atoms with Crippen molar-refractivity contribution in [3.8, 4) is 29.7 Å². The van der Waals surface area contributed by atoms with Crippen molar-refractivity contribution in [1.82, 2.24) is 34.2 Å². The van der Waals surface area contributed by atoms with Crippen LogP contribution in [0.4, 0.5) is 21.0 Å². The molecule has 8 heterocycles. The molecule has 0 radical (unpaired) electrons. The van der Waals surface area contributed by atoms with Crippen molar-refractivity contribution in [2.45, 2.75) is 68.7 Å². The highest BCUT2D eigenvalue weighted by molar-refractivity contribution is 7.16. The molecule has 2 atom stereocenters. The Morgan fingerprint density at radius 3 is 2.64 bits per heavy atom. The Hall–Kier alpha value is -5.25. The van der Waals surface area contributed by atoms with E-state index in [-0.39, 0.29) is 17.0 Å². The predicted octanol–water partition coefficient (Wildman–Crippen LogP) is 4.68. The van der Waals surface area contributed by atoms with Crippen LogP contribution in [0.5, 0.6) is 6.01 Å². The van der Waals surface area contributed by atoms with E-state index in [1.165, 1.54) is 16.2 Å². The highest BCUT2D eigenvalue weighted by Crippen LogP contribution is 2.53. The van der Waals surface area contributed by atoms with Gasteiger partial charge in [0.05, 0.1) is 34.4 Å². The smallest absolute Gasteiger partial charge is 0.320 e. The zero-order valence-electron chi connectivity index (χ0n) is 29.6. The Labute approximate surface area is 310 Å². The molecule has 5 aliphatic rings. The average molecular weight is 731 g/mol. The van der Waals surface area contributed by atoms with E-state index in [0.717, 1.165) is 72.5 Å². The van der Waals surface area contributed by atoms with Crippen molar-refractivity contribution in [1.29, 1.82) is 10.5 Å². The summed E-state index contributed by atoms with van der Waals surface area (Å²) in [6, 6.07) is 15.2. The van der Waals surface area contributed by atoms with Crippen molar-refractivity contribution in [3.63, 3.8) is 0 Å². The van der Waals surface area contributed by atoms with Crippen LogP contribution in [0.15, 0.2) is 30.3 Å². The van der Waals surface area contributed by atoms with Gasteiger partial charge in [0.1, 0.15) is 41.2 Å². The Morgan fingerprint density at radius 1 is 1.02 bits per heavy atom. The molecule has 270 valence electrons. The number of ether oxygens (including phenoxy) is 1. The molecule has 13 nitrogen and oxygen atoms in total. The van der Waals surface area contributed by atoms with E-state index in [1.807, 2.05) is 29.9 Å². The minimum Gasteiger partial charge on any atom is -0.461 e. The molecular formula is C38H39FN12OS. The van der Waals surface area contributed by atoms with Gasteiger partial charge in [-0.1, -0.05) is 12.1 Å². The number of nitrogen functional groups attached to an aromatic ring is 1. The van der Waals surface area contributed by atoms with Crippen LogP contribution >= 0.6 is 11.3 Å². The number of para-hydroxylation sites is 2. The summed E-state index contributed by atoms with van der Waals surface area (Å²) in [5, 5.41) is 26.3. The summed E-state index contributed by atoms with van der Waals surface area (Å²) in [5.74, 6) is 1.85. The molecule has 0 saturated carbocycles. The molecular weight excluding hydrogens is 692 g/mol. The largest absolute Gasteiger partial charge is 0.461 e. The van der Waals surface area contributed by atoms with Gasteiger partial charge in [0, 0.05) is 56.5 Å². The molecule has 0 bridgehead atoms. The van der Waals surface area contributed by atoms with Gasteiger partial charge in [-0.2, -0.15) is 25.6 Å². The molecule has 3 fully saturated rings. The van der Waals surface area contributed by atoms with Crippen molar-refractivity contribution in [2.24, 2.45) is 7.05 Å². The lowest BCUT2D eigenvalue weighted by Gasteiger charge is -2.49. The Kier molecular flexibility index (Phi) is 7.26. The number of imidazole rings is 1. The number of nitriles is 2. The number of aromatic nitrogens is 6. The van der Waals surface area contributed by atoms with Crippen LogP contribution in [0.25, 0.3) is 22.6 Å². The van der Waals surface area contributed by atoms with Gasteiger partial charge in [0.2, 0.25) is 0 Å². The zero-order valence-corrected chi connectivity index (χ0v) is 30.4. The maximum Gasteiger partial charge on any atom is 0.320 e. The van der Waals surface area contributed by atoms with Gasteiger partial charge < -0.3 is 24.8 Å². The minimum absolute atomic E-state index is 0.196. The third-order valence-corrected chi connectivity index (χ3v) is 13.4. The fraction of sp³-hybridized carbons (Fsp3) is 0.474. The lowest BCUT2D eigenvalue weighted by Crippen LogP contribution is -2.59. The van der Waals surface area contributed by atoms with Gasteiger partial charge in [-0.3, -0.25) is 9.58 Å². The summed E-state index contributed by atoms with van der Waals surface area (Å²) in [6.45, 7) is 4.67. The second-order valence-corrected chi connectivity index (χ2v) is 16.5. The first-order chi connectivity index (χ1) is 25.8. The normalized spacial score (nSPS) is 23.1. The van der Waals surface area contributed by atoms with E-state index in [4.69, 9.17) is 30.5 Å². The second-order valence-electron chi connectivity index (χ2n) is 15.4. The topological polar surface area (TPSA) is 154 Å². The number of nitrogens with two attached hydrogens (primary N) is 1. The third kappa shape index (κ3) is 4.93. The molecule has 0 amide bonds. The maximum absolute atomic E-state index is 14.7. The summed E-state index contributed by atoms with van der Waals surface area (Å²) in [7, 11) is 2.01. The first-order valence-electron chi connectivity index (χ1n) is 18.4. The van der Waals surface area contributed by atoms with Gasteiger partial charge in [0.25, 0.3) is 0 Å². The number of rotatable bonds is 6. The molecule has 1 aromatic carbocycles. The number of alkyl halides is 1. The van der Waals surface area contributed by atoms with Crippen LogP contribution in [0.3, 0.4) is 0 Å². The monoisotopic (exact) mass is 730 g/mol. The molecule has 53 heavy (non-hydrogen) atoms. The number of benzene rings is 1. The molecule has 1 aliphatic carbocycles. The Morgan fingerprint density at radius 2 is 1.83 bits per heavy atom. The second kappa shape index (κ2) is 11.9. The van der Waals surface area contributed by atoms with Crippen LogP contribution in [-0.4, -0.2) is 85.2 Å². The van der Waals surface area contributed by atoms with Crippen molar-refractivity contribution >= 4 is 39.0 Å². The first kappa shape index (κ1) is 32.4. The zero-order chi connectivity index (χ0) is 36.1. The van der Waals surface area contributed by atoms with E-state index in [0.29, 0.717) is 80.1 Å². The Bertz CT molecular complexity index is 2380. The summed E-state index contributed by atoms with van der Waals surface area (Å²) in [4.78, 5) is 22.5. The van der Waals surface area contributed by atoms with Crippen molar-refractivity contribution in [2.75, 3.05) is 54.9 Å². The molecule has 10 rings (SSSR count). The summed E-state index contributed by atoms with van der Waals surface area (Å²) >= 11 is 1.52. The summed E-state index contributed by atoms with van der Waals surface area (Å²) in [6.07, 6.45) is 4.05. The van der Waals surface area contributed by atoms with Gasteiger partial charge in [-0.05, 0) is 62.4 Å². The summed E-state index contributed by atoms with van der Waals surface area (Å²) in [5.41, 5.74) is 11.5. The number of aryl methyl sites for hydroxylation is 3. The van der Waals surface area contributed by atoms with Crippen molar-refractivity contribution in [3.05, 3.63) is 57.6 Å². The lowest BCUT2D eigenvalue weighted by molar-refractivity contribution is 0.107. The maximum atomic E-state index is 14.7. The lowest BCUT2D eigenvalue weighted by atomic mass is 9.74. The summed E-state index contributed by atoms with van der Waals surface area (Å²) < 4.78 is 25.3. The van der Waals surface area contributed by atoms with E-state index < -0.39 is 6.17 Å². The standard InChI is InChI=1S/C38H39FN12OS/c1-47-29-7-3-2-6-27(29)43-35(47)28-14-24-19-48(11-5-13-51(24)46-28)33-26(17-41)34(45-36(44-33)52-22-38-9-4-12-50(38)18-23(39)15-38)49-20-37(21-49)10-8-30-31(37)25(16-40)32(42)53-30/h2-3,6-7,14,23H,4-5,8-13,15,18-22,42H2,1H3/t23-,38+/m1/s1. The quantitative estimate of drug-likeness (QED) is 0.259. The molecule has 5 aromatic rings. The Balaban J connectivity index is 1.01.